The van der Waals surface area contributed by atoms with E-state index in [4.69, 9.17) is 22.8 Å². The van der Waals surface area contributed by atoms with Crippen LogP contribution in [0.1, 0.15) is 5.56 Å². The number of aromatic hydroxyl groups is 1. The zero-order valence-electron chi connectivity index (χ0n) is 7.17. The van der Waals surface area contributed by atoms with Crippen molar-refractivity contribution in [2.24, 2.45) is 0 Å². The number of halogens is 1. The van der Waals surface area contributed by atoms with Crippen molar-refractivity contribution in [2.45, 2.75) is 6.42 Å². The lowest BCUT2D eigenvalue weighted by atomic mass is 10.1. The summed E-state index contributed by atoms with van der Waals surface area (Å²) in [5.41, 5.74) is 0.604. The third kappa shape index (κ3) is 2.07. The lowest BCUT2D eigenvalue weighted by Crippen LogP contribution is -1.89. The van der Waals surface area contributed by atoms with E-state index in [9.17, 15) is 5.11 Å². The molecule has 13 heavy (non-hydrogen) atoms. The van der Waals surface area contributed by atoms with Crippen molar-refractivity contribution in [1.29, 1.82) is 0 Å². The van der Waals surface area contributed by atoms with Gasteiger partial charge >= 0.3 is 0 Å². The highest BCUT2D eigenvalue weighted by atomic mass is 35.5. The Kier molecular flexibility index (Phi) is 3.05. The van der Waals surface area contributed by atoms with E-state index in [0.29, 0.717) is 22.8 Å². The molecule has 0 saturated carbocycles. The minimum absolute atomic E-state index is 0.0600. The summed E-state index contributed by atoms with van der Waals surface area (Å²) in [6.45, 7) is 0. The molecule has 0 unspecified atom stereocenters. The normalized spacial score (nSPS) is 9.31. The predicted molar refractivity (Wildman–Crippen MR) is 52.2 cm³/mol. The number of rotatable bonds is 2. The van der Waals surface area contributed by atoms with Crippen LogP contribution in [0.25, 0.3) is 0 Å². The third-order valence-corrected chi connectivity index (χ3v) is 1.85. The minimum atomic E-state index is 0.0600. The zero-order valence-corrected chi connectivity index (χ0v) is 7.93. The highest BCUT2D eigenvalue weighted by Gasteiger charge is 2.08. The van der Waals surface area contributed by atoms with E-state index in [1.807, 2.05) is 0 Å². The van der Waals surface area contributed by atoms with Crippen LogP contribution in [0.4, 0.5) is 0 Å². The fourth-order valence-corrected chi connectivity index (χ4v) is 1.26. The summed E-state index contributed by atoms with van der Waals surface area (Å²) in [5.74, 6) is 2.83. The van der Waals surface area contributed by atoms with Crippen LogP contribution >= 0.6 is 11.6 Å². The maximum Gasteiger partial charge on any atom is 0.162 e. The zero-order chi connectivity index (χ0) is 9.84. The fraction of sp³-hybridized carbons (Fsp3) is 0.200. The number of phenolic OH excluding ortho intramolecular Hbond substituents is 1. The first-order valence-corrected chi connectivity index (χ1v) is 4.05. The summed E-state index contributed by atoms with van der Waals surface area (Å²) in [4.78, 5) is 0. The van der Waals surface area contributed by atoms with E-state index < -0.39 is 0 Å². The lowest BCUT2D eigenvalue weighted by molar-refractivity contribution is 0.371. The van der Waals surface area contributed by atoms with Crippen molar-refractivity contribution in [1.82, 2.24) is 0 Å². The van der Waals surface area contributed by atoms with Crippen molar-refractivity contribution < 1.29 is 9.84 Å². The maximum absolute atomic E-state index is 9.57. The molecular formula is C10H9ClO2. The quantitative estimate of drug-likeness (QED) is 0.736. The van der Waals surface area contributed by atoms with Gasteiger partial charge in [0.15, 0.2) is 11.5 Å². The Morgan fingerprint density at radius 3 is 2.85 bits per heavy atom. The molecule has 0 spiro atoms. The van der Waals surface area contributed by atoms with Gasteiger partial charge in [-0.3, -0.25) is 0 Å². The van der Waals surface area contributed by atoms with Crippen molar-refractivity contribution in [2.75, 3.05) is 7.11 Å². The Morgan fingerprint density at radius 1 is 1.62 bits per heavy atom. The molecule has 0 radical (unpaired) electrons. The van der Waals surface area contributed by atoms with Crippen molar-refractivity contribution in [3.05, 3.63) is 22.7 Å². The standard InChI is InChI=1S/C10H9ClO2/c1-3-4-7-5-8(11)6-9(13-2)10(7)12/h1,5-6,12H,4H2,2H3. The summed E-state index contributed by atoms with van der Waals surface area (Å²) in [6.07, 6.45) is 5.46. The summed E-state index contributed by atoms with van der Waals surface area (Å²) in [6, 6.07) is 3.16. The average Bonchev–Trinajstić information content (AvgIpc) is 2.11. The van der Waals surface area contributed by atoms with Gasteiger partial charge in [0.25, 0.3) is 0 Å². The second-order valence-electron chi connectivity index (χ2n) is 2.50. The second kappa shape index (κ2) is 4.06. The first kappa shape index (κ1) is 9.76. The maximum atomic E-state index is 9.57. The molecule has 0 amide bonds. The molecule has 0 saturated heterocycles. The molecule has 0 aromatic heterocycles. The molecule has 3 heteroatoms. The number of methoxy groups -OCH3 is 1. The SMILES string of the molecule is C#CCc1cc(Cl)cc(OC)c1O. The van der Waals surface area contributed by atoms with Gasteiger partial charge in [0.1, 0.15) is 0 Å². The molecule has 0 fully saturated rings. The van der Waals surface area contributed by atoms with Gasteiger partial charge < -0.3 is 9.84 Å². The molecule has 0 aliphatic heterocycles. The van der Waals surface area contributed by atoms with E-state index in [1.54, 1.807) is 6.07 Å². The van der Waals surface area contributed by atoms with E-state index in [-0.39, 0.29) is 5.75 Å². The van der Waals surface area contributed by atoms with E-state index in [1.165, 1.54) is 13.2 Å². The van der Waals surface area contributed by atoms with Crippen LogP contribution < -0.4 is 4.74 Å². The number of hydrogen-bond donors (Lipinski definition) is 1. The first-order valence-electron chi connectivity index (χ1n) is 3.68. The molecule has 1 aromatic rings. The highest BCUT2D eigenvalue weighted by molar-refractivity contribution is 6.30. The van der Waals surface area contributed by atoms with Crippen molar-refractivity contribution >= 4 is 11.6 Å². The number of terminal acetylenes is 1. The van der Waals surface area contributed by atoms with E-state index >= 15 is 0 Å². The smallest absolute Gasteiger partial charge is 0.162 e. The van der Waals surface area contributed by atoms with Gasteiger partial charge in [-0.15, -0.1) is 12.3 Å². The van der Waals surface area contributed by atoms with Crippen LogP contribution in [-0.2, 0) is 6.42 Å². The molecule has 1 rings (SSSR count). The molecule has 2 nitrogen and oxygen atoms in total. The van der Waals surface area contributed by atoms with Crippen molar-refractivity contribution in [3.8, 4) is 23.8 Å². The Morgan fingerprint density at radius 2 is 2.31 bits per heavy atom. The molecule has 0 bridgehead atoms. The van der Waals surface area contributed by atoms with Crippen LogP contribution in [-0.4, -0.2) is 12.2 Å². The number of ether oxygens (including phenoxy) is 1. The van der Waals surface area contributed by atoms with Gasteiger partial charge in [-0.05, 0) is 6.07 Å². The monoisotopic (exact) mass is 196 g/mol. The number of hydrogen-bond acceptors (Lipinski definition) is 2. The summed E-state index contributed by atoms with van der Waals surface area (Å²) >= 11 is 5.78. The topological polar surface area (TPSA) is 29.5 Å². The summed E-state index contributed by atoms with van der Waals surface area (Å²) in [7, 11) is 1.46. The molecule has 0 heterocycles. The minimum Gasteiger partial charge on any atom is -0.504 e. The number of phenols is 1. The van der Waals surface area contributed by atoms with Crippen LogP contribution in [0.3, 0.4) is 0 Å². The van der Waals surface area contributed by atoms with E-state index in [0.717, 1.165) is 0 Å². The van der Waals surface area contributed by atoms with Crippen LogP contribution in [0.5, 0.6) is 11.5 Å². The molecule has 68 valence electrons. The van der Waals surface area contributed by atoms with Gasteiger partial charge in [-0.25, -0.2) is 0 Å². The van der Waals surface area contributed by atoms with Crippen molar-refractivity contribution in [3.63, 3.8) is 0 Å². The van der Waals surface area contributed by atoms with Gasteiger partial charge in [-0.1, -0.05) is 11.6 Å². The van der Waals surface area contributed by atoms with Crippen LogP contribution in [0.15, 0.2) is 12.1 Å². The van der Waals surface area contributed by atoms with Gasteiger partial charge in [0, 0.05) is 23.1 Å². The molecule has 1 aromatic carbocycles. The van der Waals surface area contributed by atoms with Gasteiger partial charge in [0.2, 0.25) is 0 Å². The first-order chi connectivity index (χ1) is 6.19. The molecule has 0 atom stereocenters. The highest BCUT2D eigenvalue weighted by Crippen LogP contribution is 2.33. The molecule has 0 aliphatic carbocycles. The Bertz CT molecular complexity index is 353. The van der Waals surface area contributed by atoms with E-state index in [2.05, 4.69) is 5.92 Å². The van der Waals surface area contributed by atoms with Crippen LogP contribution in [0, 0.1) is 12.3 Å². The Balaban J connectivity index is 3.20. The lowest BCUT2D eigenvalue weighted by Gasteiger charge is -2.07. The number of benzene rings is 1. The second-order valence-corrected chi connectivity index (χ2v) is 2.93. The van der Waals surface area contributed by atoms with Gasteiger partial charge in [-0.2, -0.15) is 0 Å². The molecule has 0 aliphatic rings. The third-order valence-electron chi connectivity index (χ3n) is 1.63. The molecule has 1 N–H and O–H groups in total. The summed E-state index contributed by atoms with van der Waals surface area (Å²) < 4.78 is 4.91. The van der Waals surface area contributed by atoms with Crippen LogP contribution in [0.2, 0.25) is 5.02 Å². The fourth-order valence-electron chi connectivity index (χ4n) is 1.03. The Labute approximate surface area is 82.1 Å². The molecular weight excluding hydrogens is 188 g/mol. The average molecular weight is 197 g/mol. The Hall–Kier alpha value is -1.33. The summed E-state index contributed by atoms with van der Waals surface area (Å²) in [5, 5.41) is 10.1. The van der Waals surface area contributed by atoms with Gasteiger partial charge in [0.05, 0.1) is 7.11 Å². The predicted octanol–water partition coefficient (Wildman–Crippen LogP) is 2.23. The largest absolute Gasteiger partial charge is 0.504 e.